The molecule has 1 N–H and O–H groups in total. The summed E-state index contributed by atoms with van der Waals surface area (Å²) in [6, 6.07) is 2.20. The van der Waals surface area contributed by atoms with E-state index in [9.17, 15) is 4.39 Å². The zero-order valence-corrected chi connectivity index (χ0v) is 12.6. The minimum atomic E-state index is -0.270. The van der Waals surface area contributed by atoms with Crippen molar-refractivity contribution in [2.45, 2.75) is 50.8 Å². The lowest BCUT2D eigenvalue weighted by Gasteiger charge is -2.29. The number of nitrogens with zero attached hydrogens (tertiary/aromatic N) is 2. The summed E-state index contributed by atoms with van der Waals surface area (Å²) in [6.07, 6.45) is 7.50. The molecule has 1 saturated carbocycles. The molecule has 4 nitrogen and oxygen atoms in total. The molecule has 1 atom stereocenters. The number of aromatic nitrogens is 1. The number of hydrogen-bond acceptors (Lipinski definition) is 4. The second-order valence-corrected chi connectivity index (χ2v) is 6.16. The zero-order valence-electron chi connectivity index (χ0n) is 12.6. The van der Waals surface area contributed by atoms with Gasteiger partial charge < -0.3 is 15.0 Å². The summed E-state index contributed by atoms with van der Waals surface area (Å²) in [5, 5.41) is 3.43. The molecule has 1 aliphatic carbocycles. The Labute approximate surface area is 125 Å². The van der Waals surface area contributed by atoms with Crippen LogP contribution in [0.4, 0.5) is 10.2 Å². The van der Waals surface area contributed by atoms with E-state index >= 15 is 0 Å². The first kappa shape index (κ1) is 14.7. The van der Waals surface area contributed by atoms with Crippen LogP contribution in [-0.4, -0.2) is 37.3 Å². The van der Waals surface area contributed by atoms with Crippen molar-refractivity contribution in [2.24, 2.45) is 0 Å². The first-order valence-electron chi connectivity index (χ1n) is 7.93. The third-order valence-electron chi connectivity index (χ3n) is 4.18. The number of halogens is 1. The summed E-state index contributed by atoms with van der Waals surface area (Å²) in [5.74, 6) is 0.590. The Bertz CT molecular complexity index is 473. The lowest BCUT2D eigenvalue weighted by molar-refractivity contribution is 0.0215. The van der Waals surface area contributed by atoms with Gasteiger partial charge in [0.05, 0.1) is 12.3 Å². The van der Waals surface area contributed by atoms with Gasteiger partial charge in [0.25, 0.3) is 0 Å². The predicted molar refractivity (Wildman–Crippen MR) is 80.9 cm³/mol. The fourth-order valence-electron chi connectivity index (χ4n) is 2.83. The van der Waals surface area contributed by atoms with Gasteiger partial charge in [-0.3, -0.25) is 0 Å². The van der Waals surface area contributed by atoms with Gasteiger partial charge in [0, 0.05) is 38.3 Å². The van der Waals surface area contributed by atoms with Gasteiger partial charge >= 0.3 is 0 Å². The van der Waals surface area contributed by atoms with Crippen molar-refractivity contribution in [1.82, 2.24) is 10.3 Å². The number of rotatable bonds is 6. The van der Waals surface area contributed by atoms with E-state index in [1.54, 1.807) is 6.07 Å². The van der Waals surface area contributed by atoms with Gasteiger partial charge in [-0.15, -0.1) is 0 Å². The molecule has 1 unspecified atom stereocenters. The molecule has 0 spiro atoms. The molecule has 0 radical (unpaired) electrons. The van der Waals surface area contributed by atoms with Crippen molar-refractivity contribution in [2.75, 3.05) is 25.1 Å². The maximum Gasteiger partial charge on any atom is 0.141 e. The van der Waals surface area contributed by atoms with Crippen LogP contribution in [0.2, 0.25) is 0 Å². The van der Waals surface area contributed by atoms with Crippen molar-refractivity contribution < 1.29 is 9.13 Å². The summed E-state index contributed by atoms with van der Waals surface area (Å²) in [5.41, 5.74) is 0.931. The monoisotopic (exact) mass is 293 g/mol. The molecule has 2 aliphatic rings. The smallest absolute Gasteiger partial charge is 0.141 e. The molecule has 3 rings (SSSR count). The van der Waals surface area contributed by atoms with E-state index < -0.39 is 0 Å². The van der Waals surface area contributed by atoms with Crippen LogP contribution in [-0.2, 0) is 11.3 Å². The molecule has 0 bridgehead atoms. The summed E-state index contributed by atoms with van der Waals surface area (Å²) in [4.78, 5) is 6.39. The minimum Gasteiger partial charge on any atom is -0.376 e. The quantitative estimate of drug-likeness (QED) is 0.874. The average Bonchev–Trinajstić information content (AvgIpc) is 3.30. The third-order valence-corrected chi connectivity index (χ3v) is 4.18. The van der Waals surface area contributed by atoms with E-state index in [4.69, 9.17) is 4.74 Å². The summed E-state index contributed by atoms with van der Waals surface area (Å²) in [7, 11) is 2.01. The summed E-state index contributed by atoms with van der Waals surface area (Å²) >= 11 is 0. The van der Waals surface area contributed by atoms with Gasteiger partial charge in [0.2, 0.25) is 0 Å². The summed E-state index contributed by atoms with van der Waals surface area (Å²) in [6.45, 7) is 2.35. The zero-order chi connectivity index (χ0) is 14.7. The van der Waals surface area contributed by atoms with Gasteiger partial charge in [0.15, 0.2) is 0 Å². The van der Waals surface area contributed by atoms with Crippen molar-refractivity contribution in [1.29, 1.82) is 0 Å². The maximum atomic E-state index is 13.5. The van der Waals surface area contributed by atoms with E-state index in [-0.39, 0.29) is 11.9 Å². The molecule has 1 aromatic heterocycles. The predicted octanol–water partition coefficient (Wildman–Crippen LogP) is 2.48. The average molecular weight is 293 g/mol. The van der Waals surface area contributed by atoms with E-state index in [0.717, 1.165) is 37.4 Å². The first-order valence-corrected chi connectivity index (χ1v) is 7.93. The fourth-order valence-corrected chi connectivity index (χ4v) is 2.83. The molecule has 2 fully saturated rings. The van der Waals surface area contributed by atoms with Crippen LogP contribution in [0.5, 0.6) is 0 Å². The van der Waals surface area contributed by atoms with Crippen LogP contribution in [0, 0.1) is 5.82 Å². The van der Waals surface area contributed by atoms with Gasteiger partial charge in [-0.2, -0.15) is 0 Å². The minimum absolute atomic E-state index is 0.264. The van der Waals surface area contributed by atoms with Crippen LogP contribution < -0.4 is 10.2 Å². The Morgan fingerprint density at radius 2 is 2.24 bits per heavy atom. The normalized spacial score (nSPS) is 22.3. The van der Waals surface area contributed by atoms with Crippen LogP contribution >= 0.6 is 0 Å². The Morgan fingerprint density at radius 3 is 2.95 bits per heavy atom. The molecule has 116 valence electrons. The summed E-state index contributed by atoms with van der Waals surface area (Å²) < 4.78 is 19.3. The molecule has 0 amide bonds. The molecule has 21 heavy (non-hydrogen) atoms. The standard InChI is InChI=1S/C16H24FN3O/c1-20(11-15-4-2-3-7-21-15)16-12(8-13(17)10-19-16)9-18-14-5-6-14/h8,10,14-15,18H,2-7,9,11H2,1H3. The largest absolute Gasteiger partial charge is 0.376 e. The van der Waals surface area contributed by atoms with E-state index in [2.05, 4.69) is 15.2 Å². The van der Waals surface area contributed by atoms with Crippen molar-refractivity contribution >= 4 is 5.82 Å². The molecular formula is C16H24FN3O. The fraction of sp³-hybridized carbons (Fsp3) is 0.688. The molecule has 0 aromatic carbocycles. The van der Waals surface area contributed by atoms with Gasteiger partial charge in [0.1, 0.15) is 11.6 Å². The Balaban J connectivity index is 1.66. The lowest BCUT2D eigenvalue weighted by Crippen LogP contribution is -2.34. The highest BCUT2D eigenvalue weighted by molar-refractivity contribution is 5.46. The van der Waals surface area contributed by atoms with Crippen molar-refractivity contribution in [3.8, 4) is 0 Å². The van der Waals surface area contributed by atoms with E-state index in [0.29, 0.717) is 12.6 Å². The number of nitrogens with one attached hydrogen (secondary N) is 1. The molecule has 5 heteroatoms. The van der Waals surface area contributed by atoms with Gasteiger partial charge in [-0.25, -0.2) is 9.37 Å². The molecule has 1 aliphatic heterocycles. The van der Waals surface area contributed by atoms with Crippen LogP contribution in [0.3, 0.4) is 0 Å². The third kappa shape index (κ3) is 4.14. The SMILES string of the molecule is CN(CC1CCCCO1)c1ncc(F)cc1CNC1CC1. The Hall–Kier alpha value is -1.20. The van der Waals surface area contributed by atoms with E-state index in [1.165, 1.54) is 25.5 Å². The number of pyridine rings is 1. The highest BCUT2D eigenvalue weighted by atomic mass is 19.1. The number of anilines is 1. The van der Waals surface area contributed by atoms with Gasteiger partial charge in [-0.1, -0.05) is 0 Å². The first-order chi connectivity index (χ1) is 10.2. The van der Waals surface area contributed by atoms with Crippen LogP contribution in [0.1, 0.15) is 37.7 Å². The number of ether oxygens (including phenoxy) is 1. The molecule has 1 aromatic rings. The molecular weight excluding hydrogens is 269 g/mol. The van der Waals surface area contributed by atoms with Crippen molar-refractivity contribution in [3.05, 3.63) is 23.6 Å². The highest BCUT2D eigenvalue weighted by Gasteiger charge is 2.22. The Kier molecular flexibility index (Phi) is 4.70. The van der Waals surface area contributed by atoms with Crippen LogP contribution in [0.25, 0.3) is 0 Å². The second kappa shape index (κ2) is 6.71. The molecule has 1 saturated heterocycles. The Morgan fingerprint density at radius 1 is 1.38 bits per heavy atom. The van der Waals surface area contributed by atoms with Crippen molar-refractivity contribution in [3.63, 3.8) is 0 Å². The van der Waals surface area contributed by atoms with Crippen LogP contribution in [0.15, 0.2) is 12.3 Å². The number of hydrogen-bond donors (Lipinski definition) is 1. The topological polar surface area (TPSA) is 37.4 Å². The highest BCUT2D eigenvalue weighted by Crippen LogP contribution is 2.23. The van der Waals surface area contributed by atoms with E-state index in [1.807, 2.05) is 7.05 Å². The second-order valence-electron chi connectivity index (χ2n) is 6.16. The van der Waals surface area contributed by atoms with Gasteiger partial charge in [-0.05, 0) is 38.2 Å². The lowest BCUT2D eigenvalue weighted by atomic mass is 10.1. The number of likely N-dealkylation sites (N-methyl/N-ethyl adjacent to an activating group) is 1. The molecule has 2 heterocycles. The maximum absolute atomic E-state index is 13.5.